The summed E-state index contributed by atoms with van der Waals surface area (Å²) in [7, 11) is 1.44. The number of esters is 1. The number of benzene rings is 2. The maximum atomic E-state index is 13.5. The molecule has 29 heavy (non-hydrogen) atoms. The number of hydrogen-bond donors (Lipinski definition) is 1. The Morgan fingerprint density at radius 3 is 2.62 bits per heavy atom. The number of rotatable bonds is 9. The molecule has 0 aliphatic heterocycles. The maximum absolute atomic E-state index is 13.5. The Balaban J connectivity index is 2.09. The number of halogens is 3. The van der Waals surface area contributed by atoms with Crippen LogP contribution in [-0.4, -0.2) is 37.0 Å². The van der Waals surface area contributed by atoms with Crippen LogP contribution in [0, 0.1) is 5.82 Å². The first kappa shape index (κ1) is 23.3. The number of carbonyl (C=O) groups is 2. The van der Waals surface area contributed by atoms with Gasteiger partial charge in [0, 0.05) is 10.6 Å². The molecule has 0 fully saturated rings. The van der Waals surface area contributed by atoms with Crippen LogP contribution in [0.2, 0.25) is 10.0 Å². The van der Waals surface area contributed by atoms with Gasteiger partial charge in [-0.3, -0.25) is 4.79 Å². The molecular formula is C20H20Cl2FNO4S. The van der Waals surface area contributed by atoms with Crippen molar-refractivity contribution >= 4 is 46.8 Å². The number of carbonyl (C=O) groups excluding carboxylic acids is 2. The average molecular weight is 460 g/mol. The van der Waals surface area contributed by atoms with Gasteiger partial charge in [0.05, 0.1) is 17.7 Å². The van der Waals surface area contributed by atoms with Gasteiger partial charge in [0.1, 0.15) is 24.2 Å². The third-order valence-corrected chi connectivity index (χ3v) is 5.18. The van der Waals surface area contributed by atoms with Gasteiger partial charge in [-0.15, -0.1) is 0 Å². The van der Waals surface area contributed by atoms with Crippen molar-refractivity contribution in [2.24, 2.45) is 0 Å². The molecule has 0 bridgehead atoms. The van der Waals surface area contributed by atoms with E-state index < -0.39 is 23.7 Å². The fraction of sp³-hybridized carbons (Fsp3) is 0.300. The van der Waals surface area contributed by atoms with Gasteiger partial charge in [-0.05, 0) is 54.8 Å². The first-order valence-electron chi connectivity index (χ1n) is 8.59. The molecule has 0 aliphatic carbocycles. The summed E-state index contributed by atoms with van der Waals surface area (Å²) >= 11 is 13.4. The monoisotopic (exact) mass is 459 g/mol. The van der Waals surface area contributed by atoms with Crippen molar-refractivity contribution in [3.05, 3.63) is 63.4 Å². The Morgan fingerprint density at radius 1 is 1.21 bits per heavy atom. The van der Waals surface area contributed by atoms with Crippen LogP contribution in [-0.2, 0) is 16.1 Å². The average Bonchev–Trinajstić information content (AvgIpc) is 2.69. The van der Waals surface area contributed by atoms with E-state index in [1.807, 2.05) is 6.26 Å². The van der Waals surface area contributed by atoms with Gasteiger partial charge >= 0.3 is 5.97 Å². The Hall–Kier alpha value is -1.96. The van der Waals surface area contributed by atoms with Crippen molar-refractivity contribution in [2.75, 3.05) is 19.1 Å². The third-order valence-electron chi connectivity index (χ3n) is 3.99. The van der Waals surface area contributed by atoms with Crippen LogP contribution in [0.3, 0.4) is 0 Å². The summed E-state index contributed by atoms with van der Waals surface area (Å²) in [4.78, 5) is 25.1. The van der Waals surface area contributed by atoms with Crippen molar-refractivity contribution in [3.63, 3.8) is 0 Å². The van der Waals surface area contributed by atoms with Gasteiger partial charge in [-0.2, -0.15) is 11.8 Å². The number of hydrogen-bond acceptors (Lipinski definition) is 5. The highest BCUT2D eigenvalue weighted by molar-refractivity contribution is 7.98. The number of amides is 1. The Labute approximate surface area is 182 Å². The second-order valence-corrected chi connectivity index (χ2v) is 7.82. The summed E-state index contributed by atoms with van der Waals surface area (Å²) in [5.41, 5.74) is 0.585. The standard InChI is InChI=1S/C20H20Cl2FNO4S/c1-27-18-6-4-14(23)9-12(18)11-28-20(26)17(7-8-29-2)24-19(25)15-5-3-13(21)10-16(15)22/h3-6,9-10,17H,7-8,11H2,1-2H3,(H,24,25). The van der Waals surface area contributed by atoms with Crippen molar-refractivity contribution in [3.8, 4) is 5.75 Å². The lowest BCUT2D eigenvalue weighted by Gasteiger charge is -2.18. The van der Waals surface area contributed by atoms with Gasteiger partial charge in [0.2, 0.25) is 0 Å². The van der Waals surface area contributed by atoms with Crippen molar-refractivity contribution < 1.29 is 23.5 Å². The largest absolute Gasteiger partial charge is 0.496 e. The minimum atomic E-state index is -0.888. The van der Waals surface area contributed by atoms with Gasteiger partial charge in [-0.25, -0.2) is 9.18 Å². The lowest BCUT2D eigenvalue weighted by atomic mass is 10.1. The summed E-state index contributed by atoms with van der Waals surface area (Å²) in [5, 5.41) is 3.22. The van der Waals surface area contributed by atoms with Gasteiger partial charge < -0.3 is 14.8 Å². The SMILES string of the molecule is COc1ccc(F)cc1COC(=O)C(CCSC)NC(=O)c1ccc(Cl)cc1Cl. The van der Waals surface area contributed by atoms with Gasteiger partial charge in [0.15, 0.2) is 0 Å². The molecule has 1 unspecified atom stereocenters. The molecule has 1 amide bonds. The van der Waals surface area contributed by atoms with E-state index in [0.29, 0.717) is 28.5 Å². The summed E-state index contributed by atoms with van der Waals surface area (Å²) in [6.45, 7) is -0.187. The second-order valence-electron chi connectivity index (χ2n) is 6.00. The third kappa shape index (κ3) is 6.80. The number of methoxy groups -OCH3 is 1. The quantitative estimate of drug-likeness (QED) is 0.548. The van der Waals surface area contributed by atoms with Crippen LogP contribution in [0.4, 0.5) is 4.39 Å². The maximum Gasteiger partial charge on any atom is 0.329 e. The predicted molar refractivity (Wildman–Crippen MR) is 113 cm³/mol. The first-order valence-corrected chi connectivity index (χ1v) is 10.7. The van der Waals surface area contributed by atoms with Crippen LogP contribution in [0.1, 0.15) is 22.3 Å². The van der Waals surface area contributed by atoms with Crippen LogP contribution in [0.5, 0.6) is 5.75 Å². The van der Waals surface area contributed by atoms with Crippen molar-refractivity contribution in [2.45, 2.75) is 19.1 Å². The number of ether oxygens (including phenoxy) is 2. The van der Waals surface area contributed by atoms with E-state index in [4.69, 9.17) is 32.7 Å². The Bertz CT molecular complexity index is 882. The zero-order valence-corrected chi connectivity index (χ0v) is 18.2. The smallest absolute Gasteiger partial charge is 0.329 e. The van der Waals surface area contributed by atoms with Crippen LogP contribution < -0.4 is 10.1 Å². The highest BCUT2D eigenvalue weighted by Gasteiger charge is 2.24. The van der Waals surface area contributed by atoms with E-state index >= 15 is 0 Å². The summed E-state index contributed by atoms with van der Waals surface area (Å²) < 4.78 is 23.9. The molecule has 156 valence electrons. The van der Waals surface area contributed by atoms with Crippen LogP contribution >= 0.6 is 35.0 Å². The zero-order valence-electron chi connectivity index (χ0n) is 15.8. The molecule has 2 rings (SSSR count). The molecular weight excluding hydrogens is 440 g/mol. The summed E-state index contributed by atoms with van der Waals surface area (Å²) in [6, 6.07) is 7.51. The van der Waals surface area contributed by atoms with E-state index in [9.17, 15) is 14.0 Å². The fourth-order valence-corrected chi connectivity index (χ4v) is 3.47. The molecule has 9 heteroatoms. The van der Waals surface area contributed by atoms with Gasteiger partial charge in [0.25, 0.3) is 5.91 Å². The van der Waals surface area contributed by atoms with Crippen molar-refractivity contribution in [1.29, 1.82) is 0 Å². The highest BCUT2D eigenvalue weighted by atomic mass is 35.5. The first-order chi connectivity index (χ1) is 13.8. The van der Waals surface area contributed by atoms with Crippen molar-refractivity contribution in [1.82, 2.24) is 5.32 Å². The summed E-state index contributed by atoms with van der Waals surface area (Å²) in [5.74, 6) is -0.599. The van der Waals surface area contributed by atoms with E-state index in [2.05, 4.69) is 5.32 Å². The highest BCUT2D eigenvalue weighted by Crippen LogP contribution is 2.22. The fourth-order valence-electron chi connectivity index (χ4n) is 2.50. The van der Waals surface area contributed by atoms with Gasteiger partial charge in [-0.1, -0.05) is 23.2 Å². The lowest BCUT2D eigenvalue weighted by molar-refractivity contribution is -0.147. The molecule has 0 aromatic heterocycles. The number of nitrogens with one attached hydrogen (secondary N) is 1. The van der Waals surface area contributed by atoms with E-state index in [0.717, 1.165) is 0 Å². The molecule has 5 nitrogen and oxygen atoms in total. The predicted octanol–water partition coefficient (Wildman–Crippen LogP) is 4.74. The molecule has 2 aromatic rings. The Kier molecular flexibility index (Phi) is 9.07. The number of thioether (sulfide) groups is 1. The van der Waals surface area contributed by atoms with E-state index in [1.165, 1.54) is 55.3 Å². The molecule has 0 saturated carbocycles. The molecule has 1 atom stereocenters. The molecule has 0 heterocycles. The molecule has 1 N–H and O–H groups in total. The molecule has 0 radical (unpaired) electrons. The minimum absolute atomic E-state index is 0.177. The minimum Gasteiger partial charge on any atom is -0.496 e. The topological polar surface area (TPSA) is 64.6 Å². The second kappa shape index (κ2) is 11.3. The molecule has 2 aromatic carbocycles. The molecule has 0 saturated heterocycles. The van der Waals surface area contributed by atoms with E-state index in [-0.39, 0.29) is 17.2 Å². The zero-order chi connectivity index (χ0) is 21.4. The Morgan fingerprint density at radius 2 is 1.97 bits per heavy atom. The van der Waals surface area contributed by atoms with E-state index in [1.54, 1.807) is 0 Å². The lowest BCUT2D eigenvalue weighted by Crippen LogP contribution is -2.42. The van der Waals surface area contributed by atoms with Crippen LogP contribution in [0.25, 0.3) is 0 Å². The molecule has 0 spiro atoms. The summed E-state index contributed by atoms with van der Waals surface area (Å²) in [6.07, 6.45) is 2.25. The van der Waals surface area contributed by atoms with Crippen LogP contribution in [0.15, 0.2) is 36.4 Å². The molecule has 0 aliphatic rings. The normalized spacial score (nSPS) is 11.6.